The number of aryl methyl sites for hydroxylation is 1. The number of anilines is 2. The molecule has 100 valence electrons. The Bertz CT molecular complexity index is 720. The number of nitriles is 1. The number of benzene rings is 2. The van der Waals surface area contributed by atoms with E-state index >= 15 is 0 Å². The first-order valence-electron chi connectivity index (χ1n) is 5.82. The molecule has 2 rings (SSSR count). The molecule has 2 aromatic rings. The van der Waals surface area contributed by atoms with Crippen LogP contribution in [0.2, 0.25) is 5.02 Å². The molecular weight excluding hydrogens is 276 g/mol. The van der Waals surface area contributed by atoms with Crippen LogP contribution in [0.25, 0.3) is 0 Å². The van der Waals surface area contributed by atoms with E-state index in [4.69, 9.17) is 22.0 Å². The van der Waals surface area contributed by atoms with Gasteiger partial charge >= 0.3 is 5.97 Å². The first kappa shape index (κ1) is 13.9. The molecule has 5 heteroatoms. The van der Waals surface area contributed by atoms with Gasteiger partial charge < -0.3 is 10.4 Å². The van der Waals surface area contributed by atoms with Gasteiger partial charge in [-0.3, -0.25) is 0 Å². The molecule has 20 heavy (non-hydrogen) atoms. The third-order valence-corrected chi connectivity index (χ3v) is 3.18. The number of rotatable bonds is 3. The van der Waals surface area contributed by atoms with E-state index in [0.717, 1.165) is 0 Å². The number of hydrogen-bond donors (Lipinski definition) is 2. The summed E-state index contributed by atoms with van der Waals surface area (Å²) in [6, 6.07) is 12.1. The lowest BCUT2D eigenvalue weighted by Crippen LogP contribution is -2.01. The molecular formula is C15H11ClN2O2. The van der Waals surface area contributed by atoms with Crippen LogP contribution in [0, 0.1) is 18.3 Å². The van der Waals surface area contributed by atoms with Crippen LogP contribution >= 0.6 is 11.6 Å². The average Bonchev–Trinajstić information content (AvgIpc) is 2.38. The molecule has 2 aromatic carbocycles. The quantitative estimate of drug-likeness (QED) is 0.895. The predicted molar refractivity (Wildman–Crippen MR) is 77.6 cm³/mol. The van der Waals surface area contributed by atoms with E-state index in [1.165, 1.54) is 6.07 Å². The van der Waals surface area contributed by atoms with Crippen molar-refractivity contribution >= 4 is 28.9 Å². The summed E-state index contributed by atoms with van der Waals surface area (Å²) >= 11 is 5.95. The molecule has 2 N–H and O–H groups in total. The second kappa shape index (κ2) is 5.64. The number of carboxylic acids is 1. The van der Waals surface area contributed by atoms with Crippen LogP contribution in [0.15, 0.2) is 36.4 Å². The summed E-state index contributed by atoms with van der Waals surface area (Å²) in [5, 5.41) is 21.5. The molecule has 0 saturated heterocycles. The van der Waals surface area contributed by atoms with E-state index in [1.807, 2.05) is 6.07 Å². The zero-order valence-corrected chi connectivity index (χ0v) is 11.4. The highest BCUT2D eigenvalue weighted by molar-refractivity contribution is 6.32. The topological polar surface area (TPSA) is 73.1 Å². The summed E-state index contributed by atoms with van der Waals surface area (Å²) in [6.45, 7) is 1.72. The van der Waals surface area contributed by atoms with Crippen molar-refractivity contribution in [2.75, 3.05) is 5.32 Å². The third-order valence-electron chi connectivity index (χ3n) is 2.86. The van der Waals surface area contributed by atoms with E-state index in [2.05, 4.69) is 5.32 Å². The summed E-state index contributed by atoms with van der Waals surface area (Å²) in [6.07, 6.45) is 0. The highest BCUT2D eigenvalue weighted by Crippen LogP contribution is 2.27. The Labute approximate surface area is 121 Å². The van der Waals surface area contributed by atoms with Gasteiger partial charge in [-0.2, -0.15) is 5.26 Å². The number of halogens is 1. The summed E-state index contributed by atoms with van der Waals surface area (Å²) in [5.74, 6) is -0.963. The highest BCUT2D eigenvalue weighted by atomic mass is 35.5. The van der Waals surface area contributed by atoms with Gasteiger partial charge in [0.25, 0.3) is 0 Å². The zero-order chi connectivity index (χ0) is 14.7. The summed E-state index contributed by atoms with van der Waals surface area (Å²) in [4.78, 5) is 11.0. The van der Waals surface area contributed by atoms with Crippen molar-refractivity contribution in [1.82, 2.24) is 0 Å². The predicted octanol–water partition coefficient (Wildman–Crippen LogP) is 3.96. The van der Waals surface area contributed by atoms with Gasteiger partial charge in [-0.25, -0.2) is 4.79 Å². The standard InChI is InChI=1S/C15H11ClN2O2/c1-9-7-10(5-6-11(9)15(19)20)18-14-4-2-3-13(16)12(14)8-17/h2-7,18H,1H3,(H,19,20). The molecule has 0 heterocycles. The van der Waals surface area contributed by atoms with Gasteiger partial charge in [-0.1, -0.05) is 17.7 Å². The fourth-order valence-corrected chi connectivity index (χ4v) is 2.10. The van der Waals surface area contributed by atoms with Gasteiger partial charge in [0.15, 0.2) is 0 Å². The maximum absolute atomic E-state index is 11.0. The van der Waals surface area contributed by atoms with Gasteiger partial charge in [-0.15, -0.1) is 0 Å². The molecule has 0 aliphatic rings. The summed E-state index contributed by atoms with van der Waals surface area (Å²) in [5.41, 5.74) is 2.54. The molecule has 0 fully saturated rings. The van der Waals surface area contributed by atoms with Crippen LogP contribution in [0.5, 0.6) is 0 Å². The van der Waals surface area contributed by atoms with Crippen molar-refractivity contribution in [3.05, 3.63) is 58.1 Å². The first-order valence-corrected chi connectivity index (χ1v) is 6.20. The number of nitrogens with one attached hydrogen (secondary N) is 1. The maximum Gasteiger partial charge on any atom is 0.335 e. The molecule has 0 saturated carbocycles. The molecule has 0 bridgehead atoms. The van der Waals surface area contributed by atoms with E-state index < -0.39 is 5.97 Å². The van der Waals surface area contributed by atoms with Crippen molar-refractivity contribution in [2.45, 2.75) is 6.92 Å². The Morgan fingerprint density at radius 3 is 2.70 bits per heavy atom. The normalized spacial score (nSPS) is 9.85. The molecule has 4 nitrogen and oxygen atoms in total. The van der Waals surface area contributed by atoms with Gasteiger partial charge in [0.1, 0.15) is 6.07 Å². The number of carbonyl (C=O) groups is 1. The van der Waals surface area contributed by atoms with Crippen LogP contribution in [0.4, 0.5) is 11.4 Å². The molecule has 0 aromatic heterocycles. The number of hydrogen-bond acceptors (Lipinski definition) is 3. The minimum atomic E-state index is -0.963. The molecule has 0 radical (unpaired) electrons. The van der Waals surface area contributed by atoms with Crippen molar-refractivity contribution in [2.24, 2.45) is 0 Å². The van der Waals surface area contributed by atoms with Crippen molar-refractivity contribution in [3.8, 4) is 6.07 Å². The molecule has 0 aliphatic heterocycles. The second-order valence-electron chi connectivity index (χ2n) is 4.23. The van der Waals surface area contributed by atoms with Crippen LogP contribution in [0.3, 0.4) is 0 Å². The Hall–Kier alpha value is -2.51. The Morgan fingerprint density at radius 1 is 1.35 bits per heavy atom. The molecule has 0 unspecified atom stereocenters. The monoisotopic (exact) mass is 286 g/mol. The van der Waals surface area contributed by atoms with E-state index in [0.29, 0.717) is 27.5 Å². The van der Waals surface area contributed by atoms with Gasteiger partial charge in [0.2, 0.25) is 0 Å². The minimum Gasteiger partial charge on any atom is -0.478 e. The van der Waals surface area contributed by atoms with Gasteiger partial charge in [0.05, 0.1) is 21.8 Å². The van der Waals surface area contributed by atoms with Gasteiger partial charge in [-0.05, 0) is 42.8 Å². The highest BCUT2D eigenvalue weighted by Gasteiger charge is 2.09. The van der Waals surface area contributed by atoms with Crippen LogP contribution < -0.4 is 5.32 Å². The fourth-order valence-electron chi connectivity index (χ4n) is 1.88. The van der Waals surface area contributed by atoms with Crippen LogP contribution in [-0.4, -0.2) is 11.1 Å². The smallest absolute Gasteiger partial charge is 0.335 e. The largest absolute Gasteiger partial charge is 0.478 e. The zero-order valence-electron chi connectivity index (χ0n) is 10.6. The maximum atomic E-state index is 11.0. The van der Waals surface area contributed by atoms with Crippen molar-refractivity contribution in [3.63, 3.8) is 0 Å². The Morgan fingerprint density at radius 2 is 2.10 bits per heavy atom. The van der Waals surface area contributed by atoms with Crippen LogP contribution in [-0.2, 0) is 0 Å². The number of nitrogens with zero attached hydrogens (tertiary/aromatic N) is 1. The van der Waals surface area contributed by atoms with Crippen LogP contribution in [0.1, 0.15) is 21.5 Å². The molecule has 0 atom stereocenters. The lowest BCUT2D eigenvalue weighted by Gasteiger charge is -2.10. The second-order valence-corrected chi connectivity index (χ2v) is 4.64. The molecule has 0 amide bonds. The SMILES string of the molecule is Cc1cc(Nc2cccc(Cl)c2C#N)ccc1C(=O)O. The summed E-state index contributed by atoms with van der Waals surface area (Å²) < 4.78 is 0. The average molecular weight is 287 g/mol. The lowest BCUT2D eigenvalue weighted by atomic mass is 10.1. The number of aromatic carboxylic acids is 1. The molecule has 0 spiro atoms. The van der Waals surface area contributed by atoms with E-state index in [-0.39, 0.29) is 5.56 Å². The van der Waals surface area contributed by atoms with E-state index in [9.17, 15) is 4.79 Å². The Kier molecular flexibility index (Phi) is 3.92. The minimum absolute atomic E-state index is 0.252. The van der Waals surface area contributed by atoms with E-state index in [1.54, 1.807) is 37.3 Å². The van der Waals surface area contributed by atoms with Crippen molar-refractivity contribution in [1.29, 1.82) is 5.26 Å². The van der Waals surface area contributed by atoms with Gasteiger partial charge in [0, 0.05) is 5.69 Å². The lowest BCUT2D eigenvalue weighted by molar-refractivity contribution is 0.0696. The summed E-state index contributed by atoms with van der Waals surface area (Å²) in [7, 11) is 0. The van der Waals surface area contributed by atoms with Crippen molar-refractivity contribution < 1.29 is 9.90 Å². The fraction of sp³-hybridized carbons (Fsp3) is 0.0667. The molecule has 0 aliphatic carbocycles. The first-order chi connectivity index (χ1) is 9.52. The number of carboxylic acid groups (broad SMARTS) is 1. The Balaban J connectivity index is 2.37. The third kappa shape index (κ3) is 2.73.